The molecule has 4 rings (SSSR count). The first-order valence-electron chi connectivity index (χ1n) is 8.70. The van der Waals surface area contributed by atoms with Gasteiger partial charge in [0.25, 0.3) is 0 Å². The number of aromatic nitrogens is 2. The second-order valence-corrected chi connectivity index (χ2v) is 6.93. The van der Waals surface area contributed by atoms with Gasteiger partial charge in [-0.05, 0) is 31.7 Å². The third-order valence-corrected chi connectivity index (χ3v) is 5.05. The van der Waals surface area contributed by atoms with Crippen molar-refractivity contribution >= 4 is 23.0 Å². The minimum atomic E-state index is -1.70. The first kappa shape index (κ1) is 17.7. The van der Waals surface area contributed by atoms with Crippen LogP contribution in [0.1, 0.15) is 25.3 Å². The zero-order valence-corrected chi connectivity index (χ0v) is 14.3. The minimum Gasteiger partial charge on any atom is -0.449 e. The number of rotatable bonds is 4. The van der Waals surface area contributed by atoms with Crippen LogP contribution >= 0.6 is 0 Å². The van der Waals surface area contributed by atoms with Crippen LogP contribution in [0.3, 0.4) is 0 Å². The maximum Gasteiger partial charge on any atom is 0.511 e. The quantitative estimate of drug-likeness (QED) is 0.779. The average molecular weight is 380 g/mol. The molecular formula is C17H18F2N4O4. The Balaban J connectivity index is 1.92. The molecule has 1 unspecified atom stereocenters. The van der Waals surface area contributed by atoms with Crippen LogP contribution in [-0.4, -0.2) is 40.4 Å². The Hall–Kier alpha value is -2.75. The van der Waals surface area contributed by atoms with E-state index in [0.717, 1.165) is 19.3 Å². The number of hydrogen-bond donors (Lipinski definition) is 2. The topological polar surface area (TPSA) is 111 Å². The van der Waals surface area contributed by atoms with E-state index in [0.29, 0.717) is 19.6 Å². The van der Waals surface area contributed by atoms with Crippen LogP contribution in [-0.2, 0) is 0 Å². The molecule has 0 bridgehead atoms. The van der Waals surface area contributed by atoms with Crippen molar-refractivity contribution in [1.82, 2.24) is 9.55 Å². The van der Waals surface area contributed by atoms with Crippen molar-refractivity contribution in [3.05, 3.63) is 28.1 Å². The molecule has 1 saturated carbocycles. The molecule has 1 aliphatic heterocycles. The predicted molar refractivity (Wildman–Crippen MR) is 92.2 cm³/mol. The number of ether oxygens (including phenoxy) is 1. The van der Waals surface area contributed by atoms with E-state index >= 15 is 0 Å². The van der Waals surface area contributed by atoms with Crippen molar-refractivity contribution in [1.29, 1.82) is 0 Å². The molecule has 1 saturated heterocycles. The number of halogens is 2. The van der Waals surface area contributed by atoms with Crippen molar-refractivity contribution in [2.75, 3.05) is 24.5 Å². The normalized spacial score (nSPS) is 19.7. The van der Waals surface area contributed by atoms with Gasteiger partial charge in [-0.25, -0.2) is 14.2 Å². The van der Waals surface area contributed by atoms with Gasteiger partial charge in [0.2, 0.25) is 11.2 Å². The Bertz CT molecular complexity index is 989. The number of carboxylic acid groups (broad SMARTS) is 1. The third-order valence-electron chi connectivity index (χ3n) is 5.05. The highest BCUT2D eigenvalue weighted by Gasteiger charge is 2.32. The van der Waals surface area contributed by atoms with E-state index in [-0.39, 0.29) is 23.4 Å². The van der Waals surface area contributed by atoms with Gasteiger partial charge in [-0.15, -0.1) is 0 Å². The molecule has 1 aliphatic carbocycles. The van der Waals surface area contributed by atoms with Crippen molar-refractivity contribution < 1.29 is 23.4 Å². The van der Waals surface area contributed by atoms with Gasteiger partial charge in [-0.3, -0.25) is 4.79 Å². The van der Waals surface area contributed by atoms with Gasteiger partial charge in [-0.2, -0.15) is 4.39 Å². The molecule has 2 aromatic rings. The molecule has 2 aromatic heterocycles. The molecule has 8 nitrogen and oxygen atoms in total. The number of nitrogens with zero attached hydrogens (tertiary/aromatic N) is 3. The predicted octanol–water partition coefficient (Wildman–Crippen LogP) is 1.85. The van der Waals surface area contributed by atoms with Crippen LogP contribution < -0.4 is 20.8 Å². The second kappa shape index (κ2) is 6.45. The summed E-state index contributed by atoms with van der Waals surface area (Å²) in [6.45, 7) is 1.39. The Morgan fingerprint density at radius 1 is 1.33 bits per heavy atom. The number of pyridine rings is 2. The zero-order chi connectivity index (χ0) is 19.3. The van der Waals surface area contributed by atoms with Gasteiger partial charge in [0.05, 0.1) is 6.20 Å². The molecule has 3 heterocycles. The standard InChI is InChI=1S/C17H18F2N4O4/c18-12-11-14(24)10(27-17(25)26)7-23(9-1-2-9)15(11)21-16(13(12)19)22-4-3-8(5-20)6-22/h7-9H,1-6,20H2,(H,25,26). The lowest BCUT2D eigenvalue weighted by atomic mass is 10.1. The van der Waals surface area contributed by atoms with E-state index in [1.165, 1.54) is 10.8 Å². The Kier molecular flexibility index (Phi) is 4.22. The van der Waals surface area contributed by atoms with Gasteiger partial charge in [0, 0.05) is 19.1 Å². The summed E-state index contributed by atoms with van der Waals surface area (Å²) in [5.41, 5.74) is 4.61. The summed E-state index contributed by atoms with van der Waals surface area (Å²) in [6.07, 6.45) is 1.78. The van der Waals surface area contributed by atoms with Crippen LogP contribution in [0.15, 0.2) is 11.0 Å². The Morgan fingerprint density at radius 2 is 2.07 bits per heavy atom. The summed E-state index contributed by atoms with van der Waals surface area (Å²) in [7, 11) is 0. The summed E-state index contributed by atoms with van der Waals surface area (Å²) in [4.78, 5) is 29.2. The maximum atomic E-state index is 14.9. The molecule has 1 atom stereocenters. The van der Waals surface area contributed by atoms with Crippen LogP contribution in [0, 0.1) is 17.6 Å². The monoisotopic (exact) mass is 380 g/mol. The van der Waals surface area contributed by atoms with E-state index in [2.05, 4.69) is 9.72 Å². The summed E-state index contributed by atoms with van der Waals surface area (Å²) in [6, 6.07) is -0.0650. The van der Waals surface area contributed by atoms with E-state index in [1.807, 2.05) is 0 Å². The lowest BCUT2D eigenvalue weighted by molar-refractivity contribution is 0.143. The Labute approximate surface area is 152 Å². The number of carbonyl (C=O) groups is 1. The SMILES string of the molecule is NCC1CCN(c2nc3c(c(F)c2F)c(=O)c(OC(=O)O)cn3C2CC2)C1. The van der Waals surface area contributed by atoms with E-state index in [1.54, 1.807) is 4.90 Å². The summed E-state index contributed by atoms with van der Waals surface area (Å²) in [5.74, 6) is -3.13. The number of nitrogens with two attached hydrogens (primary N) is 1. The van der Waals surface area contributed by atoms with E-state index in [4.69, 9.17) is 10.8 Å². The van der Waals surface area contributed by atoms with E-state index < -0.39 is 34.4 Å². The summed E-state index contributed by atoms with van der Waals surface area (Å²) in [5, 5.41) is 8.20. The average Bonchev–Trinajstić information content (AvgIpc) is 3.36. The highest BCUT2D eigenvalue weighted by atomic mass is 19.2. The minimum absolute atomic E-state index is 0.00895. The molecule has 2 aliphatic rings. The van der Waals surface area contributed by atoms with Gasteiger partial charge >= 0.3 is 6.16 Å². The second-order valence-electron chi connectivity index (χ2n) is 6.93. The maximum absolute atomic E-state index is 14.9. The van der Waals surface area contributed by atoms with Gasteiger partial charge < -0.3 is 25.0 Å². The fraction of sp³-hybridized carbons (Fsp3) is 0.471. The highest BCUT2D eigenvalue weighted by molar-refractivity contribution is 5.80. The van der Waals surface area contributed by atoms with Crippen LogP contribution in [0.2, 0.25) is 0 Å². The third kappa shape index (κ3) is 2.99. The smallest absolute Gasteiger partial charge is 0.449 e. The molecule has 0 aromatic carbocycles. The Morgan fingerprint density at radius 3 is 2.67 bits per heavy atom. The number of hydrogen-bond acceptors (Lipinski definition) is 6. The molecule has 144 valence electrons. The van der Waals surface area contributed by atoms with E-state index in [9.17, 15) is 18.4 Å². The van der Waals surface area contributed by atoms with Crippen molar-refractivity contribution in [3.8, 4) is 5.75 Å². The van der Waals surface area contributed by atoms with Crippen LogP contribution in [0.4, 0.5) is 19.4 Å². The number of fused-ring (bicyclic) bond motifs is 1. The molecule has 27 heavy (non-hydrogen) atoms. The first-order chi connectivity index (χ1) is 12.9. The first-order valence-corrected chi connectivity index (χ1v) is 8.70. The van der Waals surface area contributed by atoms with Crippen molar-refractivity contribution in [2.45, 2.75) is 25.3 Å². The molecule has 10 heteroatoms. The molecule has 0 amide bonds. The summed E-state index contributed by atoms with van der Waals surface area (Å²) < 4.78 is 35.5. The lowest BCUT2D eigenvalue weighted by Gasteiger charge is -2.20. The molecule has 3 N–H and O–H groups in total. The molecular weight excluding hydrogens is 362 g/mol. The highest BCUT2D eigenvalue weighted by Crippen LogP contribution is 2.38. The molecule has 2 fully saturated rings. The van der Waals surface area contributed by atoms with Crippen molar-refractivity contribution in [3.63, 3.8) is 0 Å². The van der Waals surface area contributed by atoms with Crippen LogP contribution in [0.5, 0.6) is 5.75 Å². The largest absolute Gasteiger partial charge is 0.511 e. The number of anilines is 1. The van der Waals surface area contributed by atoms with Crippen molar-refractivity contribution in [2.24, 2.45) is 11.7 Å². The summed E-state index contributed by atoms with van der Waals surface area (Å²) >= 11 is 0. The fourth-order valence-corrected chi connectivity index (χ4v) is 3.49. The van der Waals surface area contributed by atoms with Gasteiger partial charge in [0.15, 0.2) is 17.4 Å². The zero-order valence-electron chi connectivity index (χ0n) is 14.3. The van der Waals surface area contributed by atoms with Gasteiger partial charge in [-0.1, -0.05) is 0 Å². The lowest BCUT2D eigenvalue weighted by Crippen LogP contribution is -2.26. The van der Waals surface area contributed by atoms with Crippen LogP contribution in [0.25, 0.3) is 11.0 Å². The molecule has 0 spiro atoms. The molecule has 0 radical (unpaired) electrons. The fourth-order valence-electron chi connectivity index (χ4n) is 3.49. The van der Waals surface area contributed by atoms with Gasteiger partial charge in [0.1, 0.15) is 11.0 Å².